The summed E-state index contributed by atoms with van der Waals surface area (Å²) in [6.45, 7) is 7.43. The quantitative estimate of drug-likeness (QED) is 0.255. The summed E-state index contributed by atoms with van der Waals surface area (Å²) in [6.07, 6.45) is 5.69. The zero-order valence-electron chi connectivity index (χ0n) is 15.9. The van der Waals surface area contributed by atoms with Gasteiger partial charge in [-0.3, -0.25) is 9.67 Å². The van der Waals surface area contributed by atoms with Crippen molar-refractivity contribution < 1.29 is 4.74 Å². The third kappa shape index (κ3) is 7.63. The van der Waals surface area contributed by atoms with E-state index in [2.05, 4.69) is 52.8 Å². The average molecular weight is 471 g/mol. The van der Waals surface area contributed by atoms with Gasteiger partial charge in [-0.2, -0.15) is 5.10 Å². The van der Waals surface area contributed by atoms with Crippen molar-refractivity contribution in [1.82, 2.24) is 20.4 Å². The smallest absolute Gasteiger partial charge is 0.190 e. The number of benzene rings is 1. The molecule has 0 aliphatic carbocycles. The predicted molar refractivity (Wildman–Crippen MR) is 118 cm³/mol. The van der Waals surface area contributed by atoms with Gasteiger partial charge in [0.05, 0.1) is 6.61 Å². The third-order valence-corrected chi connectivity index (χ3v) is 3.91. The van der Waals surface area contributed by atoms with Gasteiger partial charge in [0.2, 0.25) is 0 Å². The van der Waals surface area contributed by atoms with Crippen LogP contribution in [0.4, 0.5) is 0 Å². The fourth-order valence-corrected chi connectivity index (χ4v) is 2.58. The predicted octanol–water partition coefficient (Wildman–Crippen LogP) is 3.14. The van der Waals surface area contributed by atoms with Gasteiger partial charge in [0.15, 0.2) is 5.96 Å². The number of ether oxygens (including phenoxy) is 1. The molecule has 0 spiro atoms. The van der Waals surface area contributed by atoms with Crippen LogP contribution < -0.4 is 15.4 Å². The minimum absolute atomic E-state index is 0. The summed E-state index contributed by atoms with van der Waals surface area (Å²) in [5, 5.41) is 10.8. The Morgan fingerprint density at radius 3 is 2.42 bits per heavy atom. The molecule has 2 aromatic rings. The van der Waals surface area contributed by atoms with Crippen LogP contribution in [0.25, 0.3) is 0 Å². The zero-order chi connectivity index (χ0) is 17.9. The van der Waals surface area contributed by atoms with E-state index in [0.717, 1.165) is 44.2 Å². The van der Waals surface area contributed by atoms with Crippen molar-refractivity contribution in [2.75, 3.05) is 26.7 Å². The second-order valence-corrected chi connectivity index (χ2v) is 5.97. The Morgan fingerprint density at radius 1 is 1.12 bits per heavy atom. The molecule has 0 radical (unpaired) electrons. The van der Waals surface area contributed by atoms with E-state index in [1.807, 2.05) is 16.9 Å². The molecule has 0 fully saturated rings. The van der Waals surface area contributed by atoms with Crippen LogP contribution >= 0.6 is 24.0 Å². The van der Waals surface area contributed by atoms with Gasteiger partial charge >= 0.3 is 0 Å². The fourth-order valence-electron chi connectivity index (χ4n) is 2.58. The van der Waals surface area contributed by atoms with Crippen molar-refractivity contribution >= 4 is 29.9 Å². The number of nitrogens with one attached hydrogen (secondary N) is 2. The molecule has 1 heterocycles. The summed E-state index contributed by atoms with van der Waals surface area (Å²) in [5.41, 5.74) is 2.37. The first kappa shape index (κ1) is 22.3. The van der Waals surface area contributed by atoms with E-state index < -0.39 is 0 Å². The van der Waals surface area contributed by atoms with Gasteiger partial charge in [-0.05, 0) is 43.9 Å². The molecule has 7 heteroatoms. The number of para-hydroxylation sites is 1. The summed E-state index contributed by atoms with van der Waals surface area (Å²) in [7, 11) is 1.79. The lowest BCUT2D eigenvalue weighted by Crippen LogP contribution is -2.38. The molecule has 26 heavy (non-hydrogen) atoms. The molecule has 2 N–H and O–H groups in total. The number of rotatable bonds is 9. The lowest BCUT2D eigenvalue weighted by Gasteiger charge is -2.14. The Morgan fingerprint density at radius 2 is 1.81 bits per heavy atom. The van der Waals surface area contributed by atoms with E-state index in [1.165, 1.54) is 11.1 Å². The van der Waals surface area contributed by atoms with Crippen LogP contribution in [0.5, 0.6) is 5.75 Å². The Balaban J connectivity index is 0.00000338. The van der Waals surface area contributed by atoms with Gasteiger partial charge in [0, 0.05) is 39.1 Å². The Bertz CT molecular complexity index is 638. The maximum Gasteiger partial charge on any atom is 0.190 e. The van der Waals surface area contributed by atoms with Crippen molar-refractivity contribution in [3.8, 4) is 5.75 Å². The highest BCUT2D eigenvalue weighted by molar-refractivity contribution is 14.0. The standard InChI is InChI=1S/C19H29N5O.HI/c1-16-8-4-9-17(2)18(16)25-15-7-11-22-19(20-3)21-10-5-13-24-14-6-12-23-24;/h4,6,8-9,12,14H,5,7,10-11,13,15H2,1-3H3,(H2,20,21,22);1H. The van der Waals surface area contributed by atoms with Gasteiger partial charge in [-0.25, -0.2) is 0 Å². The van der Waals surface area contributed by atoms with Gasteiger partial charge in [-0.15, -0.1) is 24.0 Å². The summed E-state index contributed by atoms with van der Waals surface area (Å²) >= 11 is 0. The molecule has 0 bridgehead atoms. The normalized spacial score (nSPS) is 11.0. The highest BCUT2D eigenvalue weighted by Gasteiger charge is 2.03. The first-order chi connectivity index (χ1) is 12.2. The second kappa shape index (κ2) is 12.6. The number of aryl methyl sites for hydroxylation is 3. The van der Waals surface area contributed by atoms with E-state index in [9.17, 15) is 0 Å². The first-order valence-electron chi connectivity index (χ1n) is 8.81. The van der Waals surface area contributed by atoms with E-state index in [1.54, 1.807) is 13.2 Å². The molecule has 0 saturated carbocycles. The monoisotopic (exact) mass is 471 g/mol. The van der Waals surface area contributed by atoms with Gasteiger partial charge < -0.3 is 15.4 Å². The number of nitrogens with zero attached hydrogens (tertiary/aromatic N) is 3. The van der Waals surface area contributed by atoms with Crippen molar-refractivity contribution in [2.24, 2.45) is 4.99 Å². The number of hydrogen-bond donors (Lipinski definition) is 2. The maximum atomic E-state index is 5.91. The van der Waals surface area contributed by atoms with Crippen molar-refractivity contribution in [3.63, 3.8) is 0 Å². The molecule has 0 atom stereocenters. The molecule has 0 amide bonds. The number of hydrogen-bond acceptors (Lipinski definition) is 3. The Hall–Kier alpha value is -1.77. The summed E-state index contributed by atoms with van der Waals surface area (Å²) in [5.74, 6) is 1.83. The molecular weight excluding hydrogens is 441 g/mol. The van der Waals surface area contributed by atoms with Crippen LogP contribution in [-0.2, 0) is 6.54 Å². The highest BCUT2D eigenvalue weighted by Crippen LogP contribution is 2.22. The summed E-state index contributed by atoms with van der Waals surface area (Å²) < 4.78 is 7.85. The zero-order valence-corrected chi connectivity index (χ0v) is 18.2. The fraction of sp³-hybridized carbons (Fsp3) is 0.474. The van der Waals surface area contributed by atoms with Crippen LogP contribution in [0, 0.1) is 13.8 Å². The second-order valence-electron chi connectivity index (χ2n) is 5.97. The number of guanidine groups is 1. The number of aliphatic imine (C=N–C) groups is 1. The molecule has 2 rings (SSSR count). The summed E-state index contributed by atoms with van der Waals surface area (Å²) in [6, 6.07) is 8.15. The van der Waals surface area contributed by atoms with Crippen molar-refractivity contribution in [3.05, 3.63) is 47.8 Å². The molecule has 0 aliphatic heterocycles. The number of halogens is 1. The van der Waals surface area contributed by atoms with Crippen LogP contribution in [0.1, 0.15) is 24.0 Å². The SMILES string of the molecule is CN=C(NCCCOc1c(C)cccc1C)NCCCn1cccn1.I. The van der Waals surface area contributed by atoms with Crippen molar-refractivity contribution in [2.45, 2.75) is 33.2 Å². The Kier molecular flexibility index (Phi) is 10.8. The van der Waals surface area contributed by atoms with E-state index in [-0.39, 0.29) is 24.0 Å². The topological polar surface area (TPSA) is 63.5 Å². The lowest BCUT2D eigenvalue weighted by atomic mass is 10.1. The molecule has 1 aromatic heterocycles. The number of aromatic nitrogens is 2. The molecule has 144 valence electrons. The molecule has 0 aliphatic rings. The third-order valence-electron chi connectivity index (χ3n) is 3.91. The Labute approximate surface area is 173 Å². The molecule has 1 aromatic carbocycles. The van der Waals surface area contributed by atoms with Crippen molar-refractivity contribution in [1.29, 1.82) is 0 Å². The minimum Gasteiger partial charge on any atom is -0.493 e. The van der Waals surface area contributed by atoms with Crippen LogP contribution in [0.3, 0.4) is 0 Å². The molecule has 0 saturated heterocycles. The van der Waals surface area contributed by atoms with Crippen LogP contribution in [-0.4, -0.2) is 42.5 Å². The highest BCUT2D eigenvalue weighted by atomic mass is 127. The van der Waals surface area contributed by atoms with Crippen LogP contribution in [0.2, 0.25) is 0 Å². The van der Waals surface area contributed by atoms with Gasteiger partial charge in [0.1, 0.15) is 5.75 Å². The van der Waals surface area contributed by atoms with Gasteiger partial charge in [0.25, 0.3) is 0 Å². The maximum absolute atomic E-state index is 5.91. The molecule has 6 nitrogen and oxygen atoms in total. The van der Waals surface area contributed by atoms with Crippen LogP contribution in [0.15, 0.2) is 41.7 Å². The van der Waals surface area contributed by atoms with E-state index in [0.29, 0.717) is 6.61 Å². The average Bonchev–Trinajstić information content (AvgIpc) is 3.12. The summed E-state index contributed by atoms with van der Waals surface area (Å²) in [4.78, 5) is 4.24. The lowest BCUT2D eigenvalue weighted by molar-refractivity contribution is 0.307. The van der Waals surface area contributed by atoms with E-state index >= 15 is 0 Å². The van der Waals surface area contributed by atoms with Gasteiger partial charge in [-0.1, -0.05) is 18.2 Å². The molecule has 0 unspecified atom stereocenters. The minimum atomic E-state index is 0. The van der Waals surface area contributed by atoms with E-state index in [4.69, 9.17) is 4.74 Å². The largest absolute Gasteiger partial charge is 0.493 e. The first-order valence-corrected chi connectivity index (χ1v) is 8.81. The molecular formula is C19H30IN5O.